The van der Waals surface area contributed by atoms with E-state index in [2.05, 4.69) is 58.2 Å². The van der Waals surface area contributed by atoms with Crippen LogP contribution in [0.15, 0.2) is 44.0 Å². The molecule has 1 N–H and O–H groups in total. The van der Waals surface area contributed by atoms with Gasteiger partial charge in [0, 0.05) is 6.54 Å². The molecule has 4 nitrogen and oxygen atoms in total. The maximum Gasteiger partial charge on any atom is 0.244 e. The van der Waals surface area contributed by atoms with Gasteiger partial charge in [-0.2, -0.15) is 5.10 Å². The number of amides is 1. The van der Waals surface area contributed by atoms with Crippen LogP contribution in [0.1, 0.15) is 18.5 Å². The van der Waals surface area contributed by atoms with E-state index in [1.165, 1.54) is 0 Å². The second kappa shape index (κ2) is 6.87. The summed E-state index contributed by atoms with van der Waals surface area (Å²) in [5, 5.41) is 7.17. The first-order valence-electron chi connectivity index (χ1n) is 5.91. The highest BCUT2D eigenvalue weighted by Crippen LogP contribution is 2.32. The minimum atomic E-state index is -0.407. The van der Waals surface area contributed by atoms with Crippen molar-refractivity contribution in [3.05, 3.63) is 49.6 Å². The predicted octanol–water partition coefficient (Wildman–Crippen LogP) is 4.05. The molecule has 1 heterocycles. The standard InChI is InChI=1S/C13H12Br3N3O/c1-8(19-12(16)10(14)11(15)18-19)13(20)17-7-9-5-3-2-4-6-9/h2-6,8H,7H2,1H3,(H,17,20). The maximum atomic E-state index is 12.2. The Morgan fingerprint density at radius 1 is 1.30 bits per heavy atom. The second-order valence-corrected chi connectivity index (χ2v) is 6.51. The second-order valence-electron chi connectivity index (χ2n) is 4.22. The van der Waals surface area contributed by atoms with Crippen LogP contribution in [0.4, 0.5) is 0 Å². The summed E-state index contributed by atoms with van der Waals surface area (Å²) >= 11 is 10.1. The van der Waals surface area contributed by atoms with Gasteiger partial charge in [0.1, 0.15) is 15.2 Å². The SMILES string of the molecule is CC(C(=O)NCc1ccccc1)n1nc(Br)c(Br)c1Br. The lowest BCUT2D eigenvalue weighted by Gasteiger charge is -2.13. The molecule has 0 saturated heterocycles. The quantitative estimate of drug-likeness (QED) is 0.740. The lowest BCUT2D eigenvalue weighted by molar-refractivity contribution is -0.124. The monoisotopic (exact) mass is 463 g/mol. The topological polar surface area (TPSA) is 46.9 Å². The zero-order valence-corrected chi connectivity index (χ0v) is 15.4. The molecular weight excluding hydrogens is 454 g/mol. The van der Waals surface area contributed by atoms with Crippen LogP contribution in [0.3, 0.4) is 0 Å². The molecule has 0 aliphatic heterocycles. The zero-order chi connectivity index (χ0) is 14.7. The van der Waals surface area contributed by atoms with Crippen LogP contribution in [-0.4, -0.2) is 15.7 Å². The number of nitrogens with one attached hydrogen (secondary N) is 1. The Labute approximate surface area is 142 Å². The first-order valence-corrected chi connectivity index (χ1v) is 8.29. The maximum absolute atomic E-state index is 12.2. The molecule has 106 valence electrons. The van der Waals surface area contributed by atoms with Crippen molar-refractivity contribution in [3.63, 3.8) is 0 Å². The summed E-state index contributed by atoms with van der Waals surface area (Å²) in [4.78, 5) is 12.2. The van der Waals surface area contributed by atoms with Crippen LogP contribution in [0.2, 0.25) is 0 Å². The highest BCUT2D eigenvalue weighted by Gasteiger charge is 2.21. The largest absolute Gasteiger partial charge is 0.350 e. The van der Waals surface area contributed by atoms with Crippen LogP contribution >= 0.6 is 47.8 Å². The van der Waals surface area contributed by atoms with Gasteiger partial charge in [0.15, 0.2) is 0 Å². The van der Waals surface area contributed by atoms with Gasteiger partial charge >= 0.3 is 0 Å². The van der Waals surface area contributed by atoms with Crippen molar-refractivity contribution in [1.29, 1.82) is 0 Å². The van der Waals surface area contributed by atoms with Crippen LogP contribution in [0.25, 0.3) is 0 Å². The molecule has 1 aromatic heterocycles. The Bertz CT molecular complexity index is 613. The van der Waals surface area contributed by atoms with E-state index >= 15 is 0 Å². The molecule has 0 spiro atoms. The van der Waals surface area contributed by atoms with Crippen molar-refractivity contribution in [2.24, 2.45) is 0 Å². The highest BCUT2D eigenvalue weighted by molar-refractivity contribution is 9.14. The van der Waals surface area contributed by atoms with Crippen LogP contribution in [0, 0.1) is 0 Å². The Hall–Kier alpha value is -0.660. The average Bonchev–Trinajstić information content (AvgIpc) is 2.72. The Morgan fingerprint density at radius 3 is 2.50 bits per heavy atom. The van der Waals surface area contributed by atoms with E-state index in [1.807, 2.05) is 30.3 Å². The Kier molecular flexibility index (Phi) is 5.40. The van der Waals surface area contributed by atoms with Gasteiger partial charge in [-0.15, -0.1) is 0 Å². The number of benzene rings is 1. The number of carbonyl (C=O) groups is 1. The number of hydrogen-bond acceptors (Lipinski definition) is 2. The predicted molar refractivity (Wildman–Crippen MR) is 88.3 cm³/mol. The van der Waals surface area contributed by atoms with Gasteiger partial charge in [0.05, 0.1) is 4.47 Å². The third-order valence-corrected chi connectivity index (χ3v) is 5.95. The average molecular weight is 466 g/mol. The van der Waals surface area contributed by atoms with E-state index in [9.17, 15) is 4.79 Å². The summed E-state index contributed by atoms with van der Waals surface area (Å²) in [6.07, 6.45) is 0. The lowest BCUT2D eigenvalue weighted by atomic mass is 10.2. The first kappa shape index (κ1) is 15.7. The van der Waals surface area contributed by atoms with Gasteiger partial charge in [-0.1, -0.05) is 30.3 Å². The van der Waals surface area contributed by atoms with E-state index in [-0.39, 0.29) is 5.91 Å². The molecule has 2 rings (SSSR count). The molecule has 7 heteroatoms. The van der Waals surface area contributed by atoms with Crippen LogP contribution in [0.5, 0.6) is 0 Å². The molecule has 1 unspecified atom stereocenters. The molecular formula is C13H12Br3N3O. The van der Waals surface area contributed by atoms with E-state index in [1.54, 1.807) is 11.6 Å². The van der Waals surface area contributed by atoms with E-state index in [0.29, 0.717) is 11.1 Å². The van der Waals surface area contributed by atoms with E-state index in [0.717, 1.165) is 14.6 Å². The summed E-state index contributed by atoms with van der Waals surface area (Å²) < 4.78 is 3.80. The number of aromatic nitrogens is 2. The summed E-state index contributed by atoms with van der Waals surface area (Å²) in [6.45, 7) is 2.31. The molecule has 0 aliphatic rings. The summed E-state index contributed by atoms with van der Waals surface area (Å²) in [7, 11) is 0. The number of rotatable bonds is 4. The van der Waals surface area contributed by atoms with E-state index < -0.39 is 6.04 Å². The van der Waals surface area contributed by atoms with Crippen LogP contribution in [-0.2, 0) is 11.3 Å². The molecule has 20 heavy (non-hydrogen) atoms. The minimum Gasteiger partial charge on any atom is -0.350 e. The molecule has 0 fully saturated rings. The molecule has 0 radical (unpaired) electrons. The van der Waals surface area contributed by atoms with Crippen LogP contribution < -0.4 is 5.32 Å². The molecule has 1 aromatic carbocycles. The van der Waals surface area contributed by atoms with Gasteiger partial charge < -0.3 is 5.32 Å². The molecule has 2 aromatic rings. The van der Waals surface area contributed by atoms with Crippen molar-refractivity contribution in [2.75, 3.05) is 0 Å². The smallest absolute Gasteiger partial charge is 0.244 e. The normalized spacial score (nSPS) is 12.2. The van der Waals surface area contributed by atoms with Gasteiger partial charge in [0.2, 0.25) is 5.91 Å². The highest BCUT2D eigenvalue weighted by atomic mass is 79.9. The Morgan fingerprint density at radius 2 is 1.95 bits per heavy atom. The zero-order valence-electron chi connectivity index (χ0n) is 10.6. The number of nitrogens with zero attached hydrogens (tertiary/aromatic N) is 2. The molecule has 0 bridgehead atoms. The van der Waals surface area contributed by atoms with Crippen molar-refractivity contribution >= 4 is 53.7 Å². The fourth-order valence-corrected chi connectivity index (χ4v) is 3.13. The van der Waals surface area contributed by atoms with Crippen molar-refractivity contribution in [2.45, 2.75) is 19.5 Å². The van der Waals surface area contributed by atoms with Crippen molar-refractivity contribution in [1.82, 2.24) is 15.1 Å². The number of hydrogen-bond donors (Lipinski definition) is 1. The Balaban J connectivity index is 2.03. The van der Waals surface area contributed by atoms with Gasteiger partial charge in [-0.25, -0.2) is 4.68 Å². The fourth-order valence-electron chi connectivity index (χ4n) is 1.67. The number of halogens is 3. The van der Waals surface area contributed by atoms with Gasteiger partial charge in [-0.3, -0.25) is 4.79 Å². The van der Waals surface area contributed by atoms with Gasteiger partial charge in [-0.05, 0) is 60.3 Å². The summed E-state index contributed by atoms with van der Waals surface area (Å²) in [6, 6.07) is 9.39. The summed E-state index contributed by atoms with van der Waals surface area (Å²) in [5.41, 5.74) is 1.06. The third kappa shape index (κ3) is 3.51. The molecule has 0 aliphatic carbocycles. The molecule has 1 amide bonds. The van der Waals surface area contributed by atoms with E-state index in [4.69, 9.17) is 0 Å². The molecule has 1 atom stereocenters. The van der Waals surface area contributed by atoms with Crippen molar-refractivity contribution < 1.29 is 4.79 Å². The third-order valence-electron chi connectivity index (χ3n) is 2.81. The lowest BCUT2D eigenvalue weighted by Crippen LogP contribution is -2.31. The summed E-state index contributed by atoms with van der Waals surface area (Å²) in [5.74, 6) is -0.0861. The number of carbonyl (C=O) groups excluding carboxylic acids is 1. The van der Waals surface area contributed by atoms with Crippen molar-refractivity contribution in [3.8, 4) is 0 Å². The molecule has 0 saturated carbocycles. The van der Waals surface area contributed by atoms with Gasteiger partial charge in [0.25, 0.3) is 0 Å². The first-order chi connectivity index (χ1) is 9.50. The minimum absolute atomic E-state index is 0.0861. The fraction of sp³-hybridized carbons (Fsp3) is 0.231.